The number of aliphatic hydroxyl groups is 1. The van der Waals surface area contributed by atoms with Gasteiger partial charge in [0, 0.05) is 5.92 Å². The molecule has 0 aromatic rings. The molecule has 1 saturated carbocycles. The van der Waals surface area contributed by atoms with Crippen LogP contribution in [0.5, 0.6) is 0 Å². The molecule has 2 fully saturated rings. The highest BCUT2D eigenvalue weighted by Gasteiger charge is 2.38. The van der Waals surface area contributed by atoms with E-state index in [0.717, 1.165) is 0 Å². The van der Waals surface area contributed by atoms with Gasteiger partial charge in [-0.05, 0) is 12.8 Å². The average Bonchev–Trinajstić information content (AvgIpc) is 2.35. The summed E-state index contributed by atoms with van der Waals surface area (Å²) in [6.07, 6.45) is 3.83. The topological polar surface area (TPSA) is 29.5 Å². The van der Waals surface area contributed by atoms with Gasteiger partial charge in [-0.2, -0.15) is 0 Å². The molecule has 0 aromatic carbocycles. The van der Waals surface area contributed by atoms with Crippen LogP contribution in [0.25, 0.3) is 0 Å². The normalized spacial score (nSPS) is 49.7. The molecule has 0 radical (unpaired) electrons. The molecular weight excluding hydrogens is 116 g/mol. The van der Waals surface area contributed by atoms with Crippen LogP contribution in [-0.2, 0) is 4.74 Å². The minimum Gasteiger partial charge on any atom is -0.390 e. The summed E-state index contributed by atoms with van der Waals surface area (Å²) in [6.45, 7) is 0.579. The molecule has 2 nitrogen and oxygen atoms in total. The van der Waals surface area contributed by atoms with Crippen molar-refractivity contribution >= 4 is 0 Å². The van der Waals surface area contributed by atoms with Crippen molar-refractivity contribution < 1.29 is 9.84 Å². The molecule has 2 aliphatic rings. The highest BCUT2D eigenvalue weighted by Crippen LogP contribution is 2.35. The molecule has 0 aromatic heterocycles. The Kier molecular flexibility index (Phi) is 1.24. The summed E-state index contributed by atoms with van der Waals surface area (Å²) in [6, 6.07) is 0. The van der Waals surface area contributed by atoms with Crippen LogP contribution in [0.4, 0.5) is 0 Å². The summed E-state index contributed by atoms with van der Waals surface area (Å²) in [5, 5.41) is 9.27. The van der Waals surface area contributed by atoms with Crippen molar-refractivity contribution in [1.29, 1.82) is 0 Å². The van der Waals surface area contributed by atoms with E-state index >= 15 is 0 Å². The van der Waals surface area contributed by atoms with Crippen molar-refractivity contribution in [2.24, 2.45) is 5.92 Å². The van der Waals surface area contributed by atoms with E-state index in [2.05, 4.69) is 0 Å². The molecule has 2 unspecified atom stereocenters. The fourth-order valence-corrected chi connectivity index (χ4v) is 1.95. The second kappa shape index (κ2) is 1.96. The number of fused-ring (bicyclic) bond motifs is 1. The lowest BCUT2D eigenvalue weighted by Gasteiger charge is -2.08. The fraction of sp³-hybridized carbons (Fsp3) is 1.00. The third-order valence-electron chi connectivity index (χ3n) is 2.48. The number of ether oxygens (including phenoxy) is 1. The zero-order chi connectivity index (χ0) is 6.27. The SMILES string of the molecule is OC1CO[C@H]2CCCC12. The van der Waals surface area contributed by atoms with Gasteiger partial charge in [-0.1, -0.05) is 6.42 Å². The molecular formula is C7H12O2. The molecule has 1 aliphatic carbocycles. The standard InChI is InChI=1S/C7H12O2/c8-6-4-9-7-3-1-2-5(6)7/h5-8H,1-4H2/t5?,6?,7-/m0/s1. The van der Waals surface area contributed by atoms with Crippen molar-refractivity contribution in [3.63, 3.8) is 0 Å². The minimum absolute atomic E-state index is 0.155. The molecule has 52 valence electrons. The van der Waals surface area contributed by atoms with E-state index in [1.807, 2.05) is 0 Å². The van der Waals surface area contributed by atoms with E-state index in [4.69, 9.17) is 4.74 Å². The Hall–Kier alpha value is -0.0800. The van der Waals surface area contributed by atoms with Crippen LogP contribution in [0.3, 0.4) is 0 Å². The van der Waals surface area contributed by atoms with E-state index in [1.165, 1.54) is 19.3 Å². The Morgan fingerprint density at radius 2 is 2.22 bits per heavy atom. The van der Waals surface area contributed by atoms with E-state index < -0.39 is 0 Å². The minimum atomic E-state index is -0.155. The molecule has 2 rings (SSSR count). The molecule has 9 heavy (non-hydrogen) atoms. The first-order valence-electron chi connectivity index (χ1n) is 3.67. The van der Waals surface area contributed by atoms with Gasteiger partial charge in [0.15, 0.2) is 0 Å². The van der Waals surface area contributed by atoms with Gasteiger partial charge in [0.1, 0.15) is 0 Å². The third kappa shape index (κ3) is 0.775. The fourth-order valence-electron chi connectivity index (χ4n) is 1.95. The summed E-state index contributed by atoms with van der Waals surface area (Å²) in [5.41, 5.74) is 0. The van der Waals surface area contributed by atoms with Gasteiger partial charge in [-0.3, -0.25) is 0 Å². The quantitative estimate of drug-likeness (QED) is 0.516. The van der Waals surface area contributed by atoms with Gasteiger partial charge in [-0.25, -0.2) is 0 Å². The van der Waals surface area contributed by atoms with Crippen molar-refractivity contribution in [1.82, 2.24) is 0 Å². The molecule has 1 heterocycles. The molecule has 1 saturated heterocycles. The Morgan fingerprint density at radius 1 is 1.33 bits per heavy atom. The first-order valence-corrected chi connectivity index (χ1v) is 3.67. The van der Waals surface area contributed by atoms with Crippen molar-refractivity contribution in [3.8, 4) is 0 Å². The third-order valence-corrected chi connectivity index (χ3v) is 2.48. The first-order chi connectivity index (χ1) is 4.38. The molecule has 1 N–H and O–H groups in total. The summed E-state index contributed by atoms with van der Waals surface area (Å²) >= 11 is 0. The highest BCUT2D eigenvalue weighted by molar-refractivity contribution is 4.88. The van der Waals surface area contributed by atoms with Gasteiger partial charge < -0.3 is 9.84 Å². The number of hydrogen-bond donors (Lipinski definition) is 1. The first kappa shape index (κ1) is 5.69. The van der Waals surface area contributed by atoms with Crippen molar-refractivity contribution in [3.05, 3.63) is 0 Å². The molecule has 3 atom stereocenters. The highest BCUT2D eigenvalue weighted by atomic mass is 16.5. The molecule has 0 spiro atoms. The number of aliphatic hydroxyl groups excluding tert-OH is 1. The van der Waals surface area contributed by atoms with Gasteiger partial charge in [0.25, 0.3) is 0 Å². The lowest BCUT2D eigenvalue weighted by molar-refractivity contribution is 0.0861. The van der Waals surface area contributed by atoms with Crippen LogP contribution in [0, 0.1) is 5.92 Å². The summed E-state index contributed by atoms with van der Waals surface area (Å²) < 4.78 is 5.34. The Morgan fingerprint density at radius 3 is 3.00 bits per heavy atom. The maximum atomic E-state index is 9.27. The second-order valence-corrected chi connectivity index (χ2v) is 3.03. The lowest BCUT2D eigenvalue weighted by Crippen LogP contribution is -2.18. The average molecular weight is 128 g/mol. The zero-order valence-electron chi connectivity index (χ0n) is 5.42. The van der Waals surface area contributed by atoms with Crippen LogP contribution in [-0.4, -0.2) is 23.9 Å². The van der Waals surface area contributed by atoms with E-state index in [1.54, 1.807) is 0 Å². The van der Waals surface area contributed by atoms with Gasteiger partial charge in [0.2, 0.25) is 0 Å². The molecule has 1 aliphatic heterocycles. The Bertz CT molecular complexity index is 113. The maximum Gasteiger partial charge on any atom is 0.0826 e. The Labute approximate surface area is 54.8 Å². The zero-order valence-corrected chi connectivity index (χ0v) is 5.42. The molecule has 0 bridgehead atoms. The molecule has 0 amide bonds. The monoisotopic (exact) mass is 128 g/mol. The van der Waals surface area contributed by atoms with Crippen LogP contribution in [0.15, 0.2) is 0 Å². The predicted molar refractivity (Wildman–Crippen MR) is 33.1 cm³/mol. The predicted octanol–water partition coefficient (Wildman–Crippen LogP) is 0.546. The van der Waals surface area contributed by atoms with Crippen LogP contribution < -0.4 is 0 Å². The van der Waals surface area contributed by atoms with Crippen molar-refractivity contribution in [2.75, 3.05) is 6.61 Å². The van der Waals surface area contributed by atoms with Gasteiger partial charge >= 0.3 is 0 Å². The van der Waals surface area contributed by atoms with E-state index in [-0.39, 0.29) is 6.10 Å². The summed E-state index contributed by atoms with van der Waals surface area (Å²) in [5.74, 6) is 0.477. The summed E-state index contributed by atoms with van der Waals surface area (Å²) in [7, 11) is 0. The maximum absolute atomic E-state index is 9.27. The largest absolute Gasteiger partial charge is 0.390 e. The summed E-state index contributed by atoms with van der Waals surface area (Å²) in [4.78, 5) is 0. The van der Waals surface area contributed by atoms with E-state index in [0.29, 0.717) is 18.6 Å². The van der Waals surface area contributed by atoms with Crippen LogP contribution >= 0.6 is 0 Å². The van der Waals surface area contributed by atoms with Crippen molar-refractivity contribution in [2.45, 2.75) is 31.5 Å². The number of rotatable bonds is 0. The van der Waals surface area contributed by atoms with Crippen LogP contribution in [0.1, 0.15) is 19.3 Å². The van der Waals surface area contributed by atoms with Crippen LogP contribution in [0.2, 0.25) is 0 Å². The Balaban J connectivity index is 2.07. The lowest BCUT2D eigenvalue weighted by atomic mass is 10.0. The van der Waals surface area contributed by atoms with Gasteiger partial charge in [-0.15, -0.1) is 0 Å². The van der Waals surface area contributed by atoms with Gasteiger partial charge in [0.05, 0.1) is 18.8 Å². The number of hydrogen-bond acceptors (Lipinski definition) is 2. The smallest absolute Gasteiger partial charge is 0.0826 e. The second-order valence-electron chi connectivity index (χ2n) is 3.03. The van der Waals surface area contributed by atoms with E-state index in [9.17, 15) is 5.11 Å². The molecule has 2 heteroatoms.